The molecule has 1 aromatic carbocycles. The molecule has 0 aliphatic rings. The molecule has 35 heavy (non-hydrogen) atoms. The van der Waals surface area contributed by atoms with Gasteiger partial charge >= 0.3 is 17.9 Å². The van der Waals surface area contributed by atoms with E-state index in [4.69, 9.17) is 21.0 Å². The molecule has 188 valence electrons. The number of halogens is 1. The van der Waals surface area contributed by atoms with Gasteiger partial charge in [0.15, 0.2) is 11.6 Å². The van der Waals surface area contributed by atoms with Gasteiger partial charge in [0.1, 0.15) is 16.8 Å². The molecule has 1 aromatic heterocycles. The molecule has 2 rings (SSSR count). The summed E-state index contributed by atoms with van der Waals surface area (Å²) in [5, 5.41) is 27.7. The van der Waals surface area contributed by atoms with Crippen molar-refractivity contribution < 1.29 is 38.5 Å². The number of ether oxygens (including phenoxy) is 1. The third-order valence-electron chi connectivity index (χ3n) is 4.88. The molecule has 6 N–H and O–H groups in total. The van der Waals surface area contributed by atoms with Gasteiger partial charge in [-0.05, 0) is 49.1 Å². The van der Waals surface area contributed by atoms with E-state index < -0.39 is 48.0 Å². The van der Waals surface area contributed by atoms with E-state index in [-0.39, 0.29) is 34.4 Å². The van der Waals surface area contributed by atoms with E-state index in [1.54, 1.807) is 6.07 Å². The Morgan fingerprint density at radius 2 is 1.86 bits per heavy atom. The number of thiophene rings is 1. The Labute approximate surface area is 204 Å². The standard InChI is InChI=1S/C23H26FN3O7S/c1-11(2)7-13(21(30)27-16(22(31)32)10-19(28)29)8-14-4-6-18(35-14)23(33)34-17-5-3-12(20(25)26)9-15(17)24/h3-6,9,11,13,16H,7-8,10H2,1-2H3,(H3,25,26)(H,27,30)(H,28,29)(H,31,32)/t13-,16-/m0/s1. The summed E-state index contributed by atoms with van der Waals surface area (Å²) in [5.74, 6) is -6.31. The monoisotopic (exact) mass is 507 g/mol. The fraction of sp³-hybridized carbons (Fsp3) is 0.348. The Kier molecular flexibility index (Phi) is 9.46. The number of amides is 1. The summed E-state index contributed by atoms with van der Waals surface area (Å²) in [6, 6.07) is 5.04. The second-order valence-corrected chi connectivity index (χ2v) is 9.41. The van der Waals surface area contributed by atoms with Gasteiger partial charge in [-0.25, -0.2) is 14.0 Å². The van der Waals surface area contributed by atoms with E-state index in [2.05, 4.69) is 5.32 Å². The normalized spacial score (nSPS) is 12.6. The number of carboxylic acids is 2. The lowest BCUT2D eigenvalue weighted by atomic mass is 9.92. The Balaban J connectivity index is 2.12. The molecule has 0 fully saturated rings. The fourth-order valence-corrected chi connectivity index (χ4v) is 4.22. The van der Waals surface area contributed by atoms with Gasteiger partial charge in [-0.3, -0.25) is 15.0 Å². The predicted octanol–water partition coefficient (Wildman–Crippen LogP) is 2.64. The number of hydrogen-bond donors (Lipinski definition) is 5. The number of carbonyl (C=O) groups is 4. The number of carboxylic acid groups (broad SMARTS) is 2. The van der Waals surface area contributed by atoms with Crippen LogP contribution in [0, 0.1) is 23.1 Å². The number of esters is 1. The second kappa shape index (κ2) is 12.1. The number of nitrogens with two attached hydrogens (primary N) is 1. The molecule has 0 unspecified atom stereocenters. The average molecular weight is 508 g/mol. The first-order chi connectivity index (χ1) is 16.4. The highest BCUT2D eigenvalue weighted by Gasteiger charge is 2.28. The molecule has 0 bridgehead atoms. The predicted molar refractivity (Wildman–Crippen MR) is 125 cm³/mol. The van der Waals surface area contributed by atoms with Crippen molar-refractivity contribution in [3.63, 3.8) is 0 Å². The van der Waals surface area contributed by atoms with Crippen LogP contribution >= 0.6 is 11.3 Å². The molecule has 0 saturated heterocycles. The number of nitrogens with one attached hydrogen (secondary N) is 2. The van der Waals surface area contributed by atoms with Gasteiger partial charge in [0.2, 0.25) is 5.91 Å². The summed E-state index contributed by atoms with van der Waals surface area (Å²) in [5.41, 5.74) is 5.45. The second-order valence-electron chi connectivity index (χ2n) is 8.24. The first kappa shape index (κ1) is 27.4. The Hall–Kier alpha value is -3.80. The maximum atomic E-state index is 14.2. The Morgan fingerprint density at radius 1 is 1.17 bits per heavy atom. The van der Waals surface area contributed by atoms with Crippen LogP contribution < -0.4 is 15.8 Å². The summed E-state index contributed by atoms with van der Waals surface area (Å²) >= 11 is 1.04. The highest BCUT2D eigenvalue weighted by molar-refractivity contribution is 7.13. The van der Waals surface area contributed by atoms with Gasteiger partial charge in [-0.2, -0.15) is 0 Å². The topological polar surface area (TPSA) is 180 Å². The summed E-state index contributed by atoms with van der Waals surface area (Å²) in [6.45, 7) is 3.77. The van der Waals surface area contributed by atoms with Gasteiger partial charge < -0.3 is 26.0 Å². The van der Waals surface area contributed by atoms with Gasteiger partial charge in [0.05, 0.1) is 6.42 Å². The maximum Gasteiger partial charge on any atom is 0.353 e. The number of aliphatic carboxylic acids is 2. The van der Waals surface area contributed by atoms with E-state index in [1.807, 2.05) is 13.8 Å². The quantitative estimate of drug-likeness (QED) is 0.126. The van der Waals surface area contributed by atoms with Crippen molar-refractivity contribution in [2.75, 3.05) is 0 Å². The number of amidine groups is 1. The van der Waals surface area contributed by atoms with Crippen molar-refractivity contribution in [2.45, 2.75) is 39.2 Å². The van der Waals surface area contributed by atoms with Crippen molar-refractivity contribution in [1.82, 2.24) is 5.32 Å². The SMILES string of the molecule is CC(C)C[C@@H](Cc1ccc(C(=O)Oc2ccc(C(=N)N)cc2F)s1)C(=O)N[C@@H](CC(=O)O)C(=O)O. The Morgan fingerprint density at radius 3 is 2.40 bits per heavy atom. The van der Waals surface area contributed by atoms with Crippen LogP contribution in [0.25, 0.3) is 0 Å². The van der Waals surface area contributed by atoms with Gasteiger partial charge in [-0.15, -0.1) is 11.3 Å². The smallest absolute Gasteiger partial charge is 0.353 e. The lowest BCUT2D eigenvalue weighted by molar-refractivity contribution is -0.147. The van der Waals surface area contributed by atoms with Crippen LogP contribution in [0.3, 0.4) is 0 Å². The zero-order valence-corrected chi connectivity index (χ0v) is 19.9. The third kappa shape index (κ3) is 8.18. The minimum atomic E-state index is -1.56. The van der Waals surface area contributed by atoms with Crippen LogP contribution in [-0.2, 0) is 20.8 Å². The number of carbonyl (C=O) groups excluding carboxylic acids is 2. The van der Waals surface area contributed by atoms with Crippen LogP contribution in [-0.4, -0.2) is 45.9 Å². The molecule has 0 aliphatic carbocycles. The zero-order chi connectivity index (χ0) is 26.3. The number of benzene rings is 1. The van der Waals surface area contributed by atoms with E-state index in [0.717, 1.165) is 17.4 Å². The van der Waals surface area contributed by atoms with Crippen LogP contribution in [0.5, 0.6) is 5.75 Å². The van der Waals surface area contributed by atoms with E-state index in [1.165, 1.54) is 18.2 Å². The molecule has 12 heteroatoms. The average Bonchev–Trinajstić information content (AvgIpc) is 3.22. The summed E-state index contributed by atoms with van der Waals surface area (Å²) in [6.07, 6.45) is -0.173. The summed E-state index contributed by atoms with van der Waals surface area (Å²) in [7, 11) is 0. The first-order valence-corrected chi connectivity index (χ1v) is 11.4. The molecule has 2 aromatic rings. The molecule has 1 amide bonds. The van der Waals surface area contributed by atoms with Crippen LogP contribution in [0.1, 0.15) is 46.8 Å². The minimum absolute atomic E-state index is 0.0823. The van der Waals surface area contributed by atoms with E-state index in [9.17, 15) is 28.7 Å². The third-order valence-corrected chi connectivity index (χ3v) is 5.96. The molecular weight excluding hydrogens is 481 g/mol. The summed E-state index contributed by atoms with van der Waals surface area (Å²) < 4.78 is 19.3. The maximum absolute atomic E-state index is 14.2. The molecule has 0 saturated carbocycles. The number of nitrogen functional groups attached to an aromatic ring is 1. The highest BCUT2D eigenvalue weighted by Crippen LogP contribution is 2.26. The van der Waals surface area contributed by atoms with Crippen molar-refractivity contribution in [3.05, 3.63) is 51.5 Å². The molecule has 0 aliphatic heterocycles. The van der Waals surface area contributed by atoms with Gasteiger partial charge in [-0.1, -0.05) is 13.8 Å². The fourth-order valence-electron chi connectivity index (χ4n) is 3.26. The van der Waals surface area contributed by atoms with E-state index in [0.29, 0.717) is 11.3 Å². The Bertz CT molecular complexity index is 1130. The largest absolute Gasteiger partial charge is 0.481 e. The number of rotatable bonds is 12. The highest BCUT2D eigenvalue weighted by atomic mass is 32.1. The lowest BCUT2D eigenvalue weighted by Crippen LogP contribution is -2.45. The molecule has 2 atom stereocenters. The van der Waals surface area contributed by atoms with Crippen LogP contribution in [0.15, 0.2) is 30.3 Å². The van der Waals surface area contributed by atoms with Gasteiger partial charge in [0.25, 0.3) is 0 Å². The van der Waals surface area contributed by atoms with Gasteiger partial charge in [0, 0.05) is 16.4 Å². The lowest BCUT2D eigenvalue weighted by Gasteiger charge is -2.20. The van der Waals surface area contributed by atoms with Crippen LogP contribution in [0.2, 0.25) is 0 Å². The number of hydrogen-bond acceptors (Lipinski definition) is 7. The molecule has 10 nitrogen and oxygen atoms in total. The van der Waals surface area contributed by atoms with Crippen molar-refractivity contribution in [3.8, 4) is 5.75 Å². The zero-order valence-electron chi connectivity index (χ0n) is 19.0. The van der Waals surface area contributed by atoms with Crippen molar-refractivity contribution >= 4 is 41.0 Å². The van der Waals surface area contributed by atoms with Crippen molar-refractivity contribution in [1.29, 1.82) is 5.41 Å². The molecular formula is C23H26FN3O7S. The molecule has 0 radical (unpaired) electrons. The summed E-state index contributed by atoms with van der Waals surface area (Å²) in [4.78, 5) is 48.2. The first-order valence-electron chi connectivity index (χ1n) is 10.6. The van der Waals surface area contributed by atoms with Crippen molar-refractivity contribution in [2.24, 2.45) is 17.6 Å². The van der Waals surface area contributed by atoms with Crippen LogP contribution in [0.4, 0.5) is 4.39 Å². The minimum Gasteiger partial charge on any atom is -0.481 e. The molecule has 0 spiro atoms. The molecule has 1 heterocycles. The van der Waals surface area contributed by atoms with E-state index >= 15 is 0 Å².